The highest BCUT2D eigenvalue weighted by atomic mass is 19.4. The average Bonchev–Trinajstić information content (AvgIpc) is 2.66. The summed E-state index contributed by atoms with van der Waals surface area (Å²) in [5.74, 6) is 4.84. The van der Waals surface area contributed by atoms with Crippen molar-refractivity contribution in [2.24, 2.45) is 5.73 Å². The number of nitrogens with one attached hydrogen (secondary N) is 1. The minimum absolute atomic E-state index is 0.00584. The van der Waals surface area contributed by atoms with Gasteiger partial charge in [0.15, 0.2) is 12.5 Å². The molecule has 10 heteroatoms. The normalized spacial score (nSPS) is 24.3. The second kappa shape index (κ2) is 7.76. The number of nitriles is 1. The van der Waals surface area contributed by atoms with E-state index in [1.807, 2.05) is 0 Å². The van der Waals surface area contributed by atoms with Crippen LogP contribution in [0.25, 0.3) is 0 Å². The molecule has 0 amide bonds. The van der Waals surface area contributed by atoms with Crippen LogP contribution in [0.4, 0.5) is 17.6 Å². The molecule has 1 aromatic heterocycles. The molecule has 6 nitrogen and oxygen atoms in total. The highest BCUT2D eigenvalue weighted by Gasteiger charge is 2.50. The van der Waals surface area contributed by atoms with Crippen molar-refractivity contribution in [3.05, 3.63) is 58.9 Å². The van der Waals surface area contributed by atoms with Crippen LogP contribution in [0.2, 0.25) is 0 Å². The molecule has 2 aromatic rings. The number of rotatable bonds is 1. The van der Waals surface area contributed by atoms with E-state index in [1.165, 1.54) is 31.5 Å². The van der Waals surface area contributed by atoms with Crippen molar-refractivity contribution in [3.8, 4) is 17.9 Å². The van der Waals surface area contributed by atoms with Gasteiger partial charge in [-0.05, 0) is 25.1 Å². The third-order valence-corrected chi connectivity index (χ3v) is 4.39. The van der Waals surface area contributed by atoms with Gasteiger partial charge in [-0.15, -0.1) is 0 Å². The molecule has 1 saturated heterocycles. The third kappa shape index (κ3) is 4.69. The molecule has 3 N–H and O–H groups in total. The first-order valence-corrected chi connectivity index (χ1v) is 8.40. The number of hydrogen-bond donors (Lipinski definition) is 2. The molecule has 2 heterocycles. The van der Waals surface area contributed by atoms with Crippen molar-refractivity contribution < 1.29 is 22.3 Å². The molecule has 1 aliphatic heterocycles. The van der Waals surface area contributed by atoms with Gasteiger partial charge in [0.25, 0.3) is 0 Å². The van der Waals surface area contributed by atoms with Crippen molar-refractivity contribution in [3.63, 3.8) is 0 Å². The zero-order valence-electron chi connectivity index (χ0n) is 15.1. The SMILES string of the molecule is C[C@@]1(c2cc(C#Cc3cnc(C#N)nc3)ccc2F)C[C@@H](C(F)(F)F)OC(N)N1. The molecular formula is C19H15F4N5O. The molecule has 0 saturated carbocycles. The Kier molecular flexibility index (Phi) is 5.53. The number of nitrogens with zero attached hydrogens (tertiary/aromatic N) is 3. The number of nitrogens with two attached hydrogens (primary N) is 1. The molecule has 3 rings (SSSR count). The fourth-order valence-corrected chi connectivity index (χ4v) is 3.00. The first kappa shape index (κ1) is 20.7. The molecule has 150 valence electrons. The number of ether oxygens (including phenoxy) is 1. The summed E-state index contributed by atoms with van der Waals surface area (Å²) >= 11 is 0. The van der Waals surface area contributed by atoms with Gasteiger partial charge in [-0.2, -0.15) is 18.4 Å². The van der Waals surface area contributed by atoms with Gasteiger partial charge in [-0.25, -0.2) is 14.4 Å². The topological polar surface area (TPSA) is 96.8 Å². The van der Waals surface area contributed by atoms with E-state index >= 15 is 0 Å². The Morgan fingerprint density at radius 2 is 1.90 bits per heavy atom. The van der Waals surface area contributed by atoms with Crippen LogP contribution >= 0.6 is 0 Å². The van der Waals surface area contributed by atoms with E-state index < -0.39 is 36.4 Å². The van der Waals surface area contributed by atoms with Gasteiger partial charge >= 0.3 is 6.18 Å². The van der Waals surface area contributed by atoms with Crippen LogP contribution in [-0.4, -0.2) is 28.6 Å². The third-order valence-electron chi connectivity index (χ3n) is 4.39. The maximum absolute atomic E-state index is 14.5. The molecule has 0 aliphatic carbocycles. The average molecular weight is 405 g/mol. The first-order chi connectivity index (χ1) is 13.6. The van der Waals surface area contributed by atoms with Crippen molar-refractivity contribution in [1.29, 1.82) is 5.26 Å². The Morgan fingerprint density at radius 1 is 1.24 bits per heavy atom. The molecule has 1 fully saturated rings. The molecule has 3 atom stereocenters. The van der Waals surface area contributed by atoms with E-state index in [0.717, 1.165) is 6.07 Å². The van der Waals surface area contributed by atoms with Crippen LogP contribution in [0, 0.1) is 29.0 Å². The zero-order chi connectivity index (χ0) is 21.2. The second-order valence-corrected chi connectivity index (χ2v) is 6.62. The summed E-state index contributed by atoms with van der Waals surface area (Å²) in [5.41, 5.74) is 4.93. The first-order valence-electron chi connectivity index (χ1n) is 8.40. The molecule has 0 spiro atoms. The molecular weight excluding hydrogens is 390 g/mol. The minimum atomic E-state index is -4.63. The standard InChI is InChI=1S/C19H15F4N5O/c1-18(7-15(19(21,22)23)29-17(25)28-18)13-6-11(4-5-14(13)20)2-3-12-9-26-16(8-24)27-10-12/h4-6,9-10,15,17,28H,7,25H2,1H3/t15-,17?,18-/m0/s1. The molecule has 1 aromatic carbocycles. The van der Waals surface area contributed by atoms with Gasteiger partial charge in [-0.1, -0.05) is 11.8 Å². The van der Waals surface area contributed by atoms with E-state index in [1.54, 1.807) is 6.07 Å². The van der Waals surface area contributed by atoms with Gasteiger partial charge in [0.05, 0.1) is 5.56 Å². The smallest absolute Gasteiger partial charge is 0.337 e. The lowest BCUT2D eigenvalue weighted by Crippen LogP contribution is -2.61. The number of benzene rings is 1. The molecule has 1 aliphatic rings. The highest BCUT2D eigenvalue weighted by Crippen LogP contribution is 2.38. The zero-order valence-corrected chi connectivity index (χ0v) is 15.1. The Hall–Kier alpha value is -3.05. The summed E-state index contributed by atoms with van der Waals surface area (Å²) in [5, 5.41) is 11.4. The summed E-state index contributed by atoms with van der Waals surface area (Å²) in [4.78, 5) is 7.57. The van der Waals surface area contributed by atoms with E-state index in [-0.39, 0.29) is 11.4 Å². The summed E-state index contributed by atoms with van der Waals surface area (Å²) in [7, 11) is 0. The lowest BCUT2D eigenvalue weighted by Gasteiger charge is -2.43. The predicted octanol–water partition coefficient (Wildman–Crippen LogP) is 2.29. The van der Waals surface area contributed by atoms with Crippen LogP contribution in [-0.2, 0) is 10.3 Å². The number of aromatic nitrogens is 2. The van der Waals surface area contributed by atoms with Crippen LogP contribution in [0.15, 0.2) is 30.6 Å². The lowest BCUT2D eigenvalue weighted by molar-refractivity contribution is -0.260. The van der Waals surface area contributed by atoms with Crippen LogP contribution in [0.3, 0.4) is 0 Å². The van der Waals surface area contributed by atoms with E-state index in [0.29, 0.717) is 11.1 Å². The molecule has 0 radical (unpaired) electrons. The van der Waals surface area contributed by atoms with Crippen LogP contribution in [0.1, 0.15) is 35.9 Å². The fraction of sp³-hybridized carbons (Fsp3) is 0.316. The summed E-state index contributed by atoms with van der Waals surface area (Å²) in [6.07, 6.45) is -6.01. The van der Waals surface area contributed by atoms with Crippen molar-refractivity contribution in [2.45, 2.75) is 37.5 Å². The maximum Gasteiger partial charge on any atom is 0.414 e. The highest BCUT2D eigenvalue weighted by molar-refractivity contribution is 5.44. The Bertz CT molecular complexity index is 1010. The number of hydrogen-bond acceptors (Lipinski definition) is 6. The van der Waals surface area contributed by atoms with Crippen molar-refractivity contribution in [1.82, 2.24) is 15.3 Å². The Balaban J connectivity index is 1.92. The van der Waals surface area contributed by atoms with Crippen LogP contribution < -0.4 is 11.1 Å². The molecule has 29 heavy (non-hydrogen) atoms. The van der Waals surface area contributed by atoms with E-state index in [9.17, 15) is 17.6 Å². The number of halogens is 4. The Labute approximate surface area is 163 Å². The largest absolute Gasteiger partial charge is 0.414 e. The molecule has 1 unspecified atom stereocenters. The summed E-state index contributed by atoms with van der Waals surface area (Å²) in [6, 6.07) is 5.68. The maximum atomic E-state index is 14.5. The number of alkyl halides is 3. The summed E-state index contributed by atoms with van der Waals surface area (Å²) in [6.45, 7) is 1.43. The van der Waals surface area contributed by atoms with Gasteiger partial charge < -0.3 is 4.74 Å². The molecule has 0 bridgehead atoms. The lowest BCUT2D eigenvalue weighted by atomic mass is 9.84. The van der Waals surface area contributed by atoms with E-state index in [2.05, 4.69) is 27.1 Å². The fourth-order valence-electron chi connectivity index (χ4n) is 3.00. The van der Waals surface area contributed by atoms with Gasteiger partial charge in [0.2, 0.25) is 5.82 Å². The predicted molar refractivity (Wildman–Crippen MR) is 93.1 cm³/mol. The Morgan fingerprint density at radius 3 is 2.52 bits per heavy atom. The van der Waals surface area contributed by atoms with Gasteiger partial charge in [0.1, 0.15) is 11.9 Å². The second-order valence-electron chi connectivity index (χ2n) is 6.62. The summed E-state index contributed by atoms with van der Waals surface area (Å²) < 4.78 is 58.7. The van der Waals surface area contributed by atoms with Gasteiger partial charge in [0, 0.05) is 35.5 Å². The monoisotopic (exact) mass is 405 g/mol. The van der Waals surface area contributed by atoms with Crippen molar-refractivity contribution >= 4 is 0 Å². The van der Waals surface area contributed by atoms with E-state index in [4.69, 9.17) is 15.7 Å². The minimum Gasteiger partial charge on any atom is -0.337 e. The van der Waals surface area contributed by atoms with Crippen molar-refractivity contribution in [2.75, 3.05) is 0 Å². The van der Waals surface area contributed by atoms with Crippen LogP contribution in [0.5, 0.6) is 0 Å². The quantitative estimate of drug-likeness (QED) is 0.558. The van der Waals surface area contributed by atoms with Gasteiger partial charge in [-0.3, -0.25) is 11.1 Å².